The Labute approximate surface area is 159 Å². The predicted octanol–water partition coefficient (Wildman–Crippen LogP) is 3.60. The number of carbonyl (C=O) groups excluding carboxylic acids is 1. The molecule has 2 aromatic carbocycles. The second-order valence-electron chi connectivity index (χ2n) is 8.31. The molecule has 3 atom stereocenters. The van der Waals surface area contributed by atoms with E-state index in [9.17, 15) is 15.2 Å². The molecule has 5 heteroatoms. The summed E-state index contributed by atoms with van der Waals surface area (Å²) in [6.45, 7) is 6.27. The minimum atomic E-state index is -0.388. The summed E-state index contributed by atoms with van der Waals surface area (Å²) in [5, 5.41) is 25.5. The fraction of sp³-hybridized carbons (Fsp3) is 0.364. The molecular weight excluding hydrogens is 338 g/mol. The third-order valence-corrected chi connectivity index (χ3v) is 5.92. The lowest BCUT2D eigenvalue weighted by Crippen LogP contribution is -2.44. The number of aromatic hydroxyl groups is 1. The van der Waals surface area contributed by atoms with E-state index >= 15 is 0 Å². The highest BCUT2D eigenvalue weighted by molar-refractivity contribution is 5.89. The van der Waals surface area contributed by atoms with E-state index in [-0.39, 0.29) is 35.1 Å². The van der Waals surface area contributed by atoms with Crippen molar-refractivity contribution in [2.75, 3.05) is 5.32 Å². The summed E-state index contributed by atoms with van der Waals surface area (Å²) >= 11 is 0. The van der Waals surface area contributed by atoms with Crippen LogP contribution in [0.4, 0.5) is 5.69 Å². The number of anilines is 1. The number of rotatable bonds is 2. The van der Waals surface area contributed by atoms with Gasteiger partial charge in [0.1, 0.15) is 11.8 Å². The predicted molar refractivity (Wildman–Crippen MR) is 103 cm³/mol. The lowest BCUT2D eigenvalue weighted by atomic mass is 9.85. The van der Waals surface area contributed by atoms with Gasteiger partial charge in [0.15, 0.2) is 0 Å². The molecular formula is C22H23N3O2. The van der Waals surface area contributed by atoms with Gasteiger partial charge in [-0.3, -0.25) is 4.79 Å². The Morgan fingerprint density at radius 1 is 1.26 bits per heavy atom. The molecule has 0 fully saturated rings. The van der Waals surface area contributed by atoms with E-state index in [1.54, 1.807) is 12.1 Å². The van der Waals surface area contributed by atoms with Crippen LogP contribution in [-0.4, -0.2) is 17.1 Å². The van der Waals surface area contributed by atoms with Gasteiger partial charge in [-0.2, -0.15) is 5.26 Å². The highest BCUT2D eigenvalue weighted by Gasteiger charge is 2.42. The van der Waals surface area contributed by atoms with E-state index < -0.39 is 0 Å². The van der Waals surface area contributed by atoms with Gasteiger partial charge in [0, 0.05) is 11.6 Å². The summed E-state index contributed by atoms with van der Waals surface area (Å²) in [5.74, 6) is 0.103. The van der Waals surface area contributed by atoms with E-state index in [0.29, 0.717) is 5.56 Å². The molecule has 138 valence electrons. The van der Waals surface area contributed by atoms with E-state index in [2.05, 4.69) is 30.6 Å². The van der Waals surface area contributed by atoms with Gasteiger partial charge in [-0.25, -0.2) is 0 Å². The van der Waals surface area contributed by atoms with Crippen LogP contribution >= 0.6 is 0 Å². The lowest BCUT2D eigenvalue weighted by molar-refractivity contribution is -0.123. The highest BCUT2D eigenvalue weighted by Crippen LogP contribution is 2.46. The minimum Gasteiger partial charge on any atom is -0.508 e. The van der Waals surface area contributed by atoms with Crippen molar-refractivity contribution >= 4 is 11.6 Å². The average Bonchev–Trinajstić information content (AvgIpc) is 3.08. The molecule has 27 heavy (non-hydrogen) atoms. The van der Waals surface area contributed by atoms with E-state index in [1.807, 2.05) is 31.2 Å². The van der Waals surface area contributed by atoms with Crippen molar-refractivity contribution in [3.05, 3.63) is 58.7 Å². The van der Waals surface area contributed by atoms with Gasteiger partial charge >= 0.3 is 0 Å². The van der Waals surface area contributed by atoms with Gasteiger partial charge in [0.2, 0.25) is 5.91 Å². The zero-order valence-electron chi connectivity index (χ0n) is 15.7. The maximum absolute atomic E-state index is 13.1. The quantitative estimate of drug-likeness (QED) is 0.714. The van der Waals surface area contributed by atoms with Gasteiger partial charge in [0.05, 0.1) is 17.7 Å². The first-order valence-electron chi connectivity index (χ1n) is 9.23. The average molecular weight is 361 g/mol. The van der Waals surface area contributed by atoms with Crippen molar-refractivity contribution < 1.29 is 9.90 Å². The molecule has 0 radical (unpaired) electrons. The number of nitrogens with zero attached hydrogens (tertiary/aromatic N) is 1. The number of nitriles is 1. The van der Waals surface area contributed by atoms with Gasteiger partial charge in [0.25, 0.3) is 0 Å². The number of hydrogen-bond acceptors (Lipinski definition) is 4. The third-order valence-electron chi connectivity index (χ3n) is 5.92. The topological polar surface area (TPSA) is 85.2 Å². The van der Waals surface area contributed by atoms with Gasteiger partial charge in [-0.15, -0.1) is 0 Å². The standard InChI is InChI=1S/C22H23N3O2/c1-12-16-9-15(26)6-7-18(16)24-19(12)21(27)25-20-17-8-13(11-23)4-5-14(17)10-22(20,2)3/h4-9,12,19-20,24,26H,10H2,1-3H3,(H,25,27). The number of benzene rings is 2. The Morgan fingerprint density at radius 2 is 2.04 bits per heavy atom. The van der Waals surface area contributed by atoms with E-state index in [0.717, 1.165) is 23.2 Å². The molecule has 3 unspecified atom stereocenters. The Balaban J connectivity index is 1.60. The van der Waals surface area contributed by atoms with Crippen LogP contribution in [0.2, 0.25) is 0 Å². The monoisotopic (exact) mass is 361 g/mol. The van der Waals surface area contributed by atoms with Crippen LogP contribution in [0.3, 0.4) is 0 Å². The molecule has 1 aliphatic carbocycles. The van der Waals surface area contributed by atoms with Crippen molar-refractivity contribution in [1.29, 1.82) is 5.26 Å². The van der Waals surface area contributed by atoms with Crippen LogP contribution in [0.1, 0.15) is 55.0 Å². The Morgan fingerprint density at radius 3 is 2.78 bits per heavy atom. The lowest BCUT2D eigenvalue weighted by Gasteiger charge is -2.30. The van der Waals surface area contributed by atoms with Crippen LogP contribution in [-0.2, 0) is 11.2 Å². The molecule has 2 aliphatic rings. The van der Waals surface area contributed by atoms with Crippen LogP contribution < -0.4 is 10.6 Å². The molecule has 0 bridgehead atoms. The molecule has 5 nitrogen and oxygen atoms in total. The zero-order valence-corrected chi connectivity index (χ0v) is 15.7. The smallest absolute Gasteiger partial charge is 0.243 e. The number of fused-ring (bicyclic) bond motifs is 2. The van der Waals surface area contributed by atoms with E-state index in [1.165, 1.54) is 5.56 Å². The highest BCUT2D eigenvalue weighted by atomic mass is 16.3. The zero-order chi connectivity index (χ0) is 19.3. The fourth-order valence-corrected chi connectivity index (χ4v) is 4.44. The van der Waals surface area contributed by atoms with Crippen LogP contribution in [0.25, 0.3) is 0 Å². The number of nitrogens with one attached hydrogen (secondary N) is 2. The molecule has 2 aromatic rings. The van der Waals surface area contributed by atoms with Crippen molar-refractivity contribution in [3.8, 4) is 11.8 Å². The maximum Gasteiger partial charge on any atom is 0.243 e. The molecule has 4 rings (SSSR count). The van der Waals surface area contributed by atoms with Gasteiger partial charge < -0.3 is 15.7 Å². The number of carbonyl (C=O) groups is 1. The number of amides is 1. The molecule has 1 heterocycles. The summed E-state index contributed by atoms with van der Waals surface area (Å²) < 4.78 is 0. The number of phenolic OH excluding ortho intramolecular Hbond substituents is 1. The first-order chi connectivity index (χ1) is 12.8. The first kappa shape index (κ1) is 17.4. The van der Waals surface area contributed by atoms with Crippen LogP contribution in [0.15, 0.2) is 36.4 Å². The molecule has 0 saturated heterocycles. The van der Waals surface area contributed by atoms with Crippen LogP contribution in [0, 0.1) is 16.7 Å². The second kappa shape index (κ2) is 6.02. The molecule has 0 spiro atoms. The third kappa shape index (κ3) is 2.82. The summed E-state index contributed by atoms with van der Waals surface area (Å²) in [7, 11) is 0. The van der Waals surface area contributed by atoms with Crippen molar-refractivity contribution in [2.45, 2.75) is 45.2 Å². The maximum atomic E-state index is 13.1. The first-order valence-corrected chi connectivity index (χ1v) is 9.23. The molecule has 1 amide bonds. The Bertz CT molecular complexity index is 974. The molecule has 3 N–H and O–H groups in total. The van der Waals surface area contributed by atoms with Gasteiger partial charge in [-0.05, 0) is 58.9 Å². The van der Waals surface area contributed by atoms with Crippen molar-refractivity contribution in [2.24, 2.45) is 5.41 Å². The minimum absolute atomic E-state index is 0.0403. The summed E-state index contributed by atoms with van der Waals surface area (Å²) in [4.78, 5) is 13.1. The molecule has 0 saturated carbocycles. The van der Waals surface area contributed by atoms with E-state index in [4.69, 9.17) is 0 Å². The van der Waals surface area contributed by atoms with Crippen LogP contribution in [0.5, 0.6) is 5.75 Å². The Kier molecular flexibility index (Phi) is 3.88. The van der Waals surface area contributed by atoms with Crippen molar-refractivity contribution in [3.63, 3.8) is 0 Å². The van der Waals surface area contributed by atoms with Crippen molar-refractivity contribution in [1.82, 2.24) is 5.32 Å². The molecule has 1 aliphatic heterocycles. The molecule has 0 aromatic heterocycles. The summed E-state index contributed by atoms with van der Waals surface area (Å²) in [6.07, 6.45) is 0.862. The number of hydrogen-bond donors (Lipinski definition) is 3. The summed E-state index contributed by atoms with van der Waals surface area (Å²) in [6, 6.07) is 12.5. The Hall–Kier alpha value is -3.00. The SMILES string of the molecule is CC1c2cc(O)ccc2NC1C(=O)NC1c2cc(C#N)ccc2CC1(C)C. The largest absolute Gasteiger partial charge is 0.508 e. The normalized spacial score (nSPS) is 24.4. The number of phenols is 1. The fourth-order valence-electron chi connectivity index (χ4n) is 4.44. The van der Waals surface area contributed by atoms with Gasteiger partial charge in [-0.1, -0.05) is 26.8 Å². The summed E-state index contributed by atoms with van der Waals surface area (Å²) in [5.41, 5.74) is 4.55. The second-order valence-corrected chi connectivity index (χ2v) is 8.31.